The third kappa shape index (κ3) is 3.19. The molecule has 0 aromatic heterocycles. The molecule has 0 bridgehead atoms. The number of rotatable bonds is 4. The van der Waals surface area contributed by atoms with Crippen molar-refractivity contribution in [2.75, 3.05) is 0 Å². The summed E-state index contributed by atoms with van der Waals surface area (Å²) in [7, 11) is 0. The Labute approximate surface area is 137 Å². The first-order valence-electron chi connectivity index (χ1n) is 7.91. The molecule has 0 heterocycles. The van der Waals surface area contributed by atoms with E-state index >= 15 is 0 Å². The van der Waals surface area contributed by atoms with Gasteiger partial charge in [0.1, 0.15) is 0 Å². The zero-order valence-corrected chi connectivity index (χ0v) is 13.2. The Morgan fingerprint density at radius 1 is 0.696 bits per heavy atom. The summed E-state index contributed by atoms with van der Waals surface area (Å²) in [5.74, 6) is 0.0632. The van der Waals surface area contributed by atoms with Crippen LogP contribution in [0.3, 0.4) is 0 Å². The minimum absolute atomic E-state index is 0.0632. The molecule has 0 aliphatic heterocycles. The minimum atomic E-state index is 0.0632. The summed E-state index contributed by atoms with van der Waals surface area (Å²) in [4.78, 5) is 0. The second-order valence-electron chi connectivity index (χ2n) is 5.44. The molecule has 0 amide bonds. The van der Waals surface area contributed by atoms with E-state index in [9.17, 15) is 5.11 Å². The Hall–Kier alpha value is -2.80. The predicted molar refractivity (Wildman–Crippen MR) is 95.7 cm³/mol. The van der Waals surface area contributed by atoms with Crippen LogP contribution in [0.25, 0.3) is 11.1 Å². The van der Waals surface area contributed by atoms with E-state index < -0.39 is 0 Å². The van der Waals surface area contributed by atoms with E-state index in [0.717, 1.165) is 28.7 Å². The van der Waals surface area contributed by atoms with E-state index in [1.807, 2.05) is 48.5 Å². The predicted octanol–water partition coefficient (Wildman–Crippen LogP) is 6.20. The van der Waals surface area contributed by atoms with Crippen LogP contribution in [-0.2, 0) is 5.11 Å². The summed E-state index contributed by atoms with van der Waals surface area (Å²) >= 11 is 0. The van der Waals surface area contributed by atoms with Crippen LogP contribution in [0, 0.1) is 0 Å². The molecule has 23 heavy (non-hydrogen) atoms. The molecule has 1 nitrogen and oxygen atoms in total. The molecule has 1 radical (unpaired) electrons. The van der Waals surface area contributed by atoms with Gasteiger partial charge in [-0.2, -0.15) is 0 Å². The first-order chi connectivity index (χ1) is 11.3. The molecule has 0 unspecified atom stereocenters. The Balaban J connectivity index is 2.31. The van der Waals surface area contributed by atoms with Crippen LogP contribution in [-0.4, -0.2) is 0 Å². The first-order valence-corrected chi connectivity index (χ1v) is 7.91. The van der Waals surface area contributed by atoms with Crippen LogP contribution < -0.4 is 0 Å². The monoisotopic (exact) mass is 299 g/mol. The molecule has 0 aliphatic rings. The summed E-state index contributed by atoms with van der Waals surface area (Å²) in [6.45, 7) is 2.14. The van der Waals surface area contributed by atoms with Gasteiger partial charge in [0.15, 0.2) is 5.75 Å². The molecular formula is C22H19O. The normalized spacial score (nSPS) is 11.9. The Bertz CT molecular complexity index is 802. The number of hydrogen-bond donors (Lipinski definition) is 0. The molecule has 113 valence electrons. The van der Waals surface area contributed by atoms with Crippen molar-refractivity contribution < 1.29 is 5.11 Å². The van der Waals surface area contributed by atoms with Crippen molar-refractivity contribution in [1.29, 1.82) is 0 Å². The van der Waals surface area contributed by atoms with Crippen molar-refractivity contribution >= 4 is 11.1 Å². The number of hydrogen-bond acceptors (Lipinski definition) is 0. The highest BCUT2D eigenvalue weighted by atomic mass is 16.3. The molecular weight excluding hydrogens is 280 g/mol. The maximum Gasteiger partial charge on any atom is 0.186 e. The lowest BCUT2D eigenvalue weighted by molar-refractivity contribution is 0.353. The summed E-state index contributed by atoms with van der Waals surface area (Å²) < 4.78 is 0. The summed E-state index contributed by atoms with van der Waals surface area (Å²) in [6, 6.07) is 27.7. The molecule has 3 rings (SSSR count). The van der Waals surface area contributed by atoms with Gasteiger partial charge in [-0.3, -0.25) is 5.11 Å². The van der Waals surface area contributed by atoms with E-state index in [4.69, 9.17) is 0 Å². The van der Waals surface area contributed by atoms with E-state index in [-0.39, 0.29) is 5.75 Å². The minimum Gasteiger partial charge on any atom is -0.289 e. The van der Waals surface area contributed by atoms with E-state index in [1.54, 1.807) is 12.1 Å². The molecule has 0 saturated carbocycles. The van der Waals surface area contributed by atoms with Crippen LogP contribution in [0.2, 0.25) is 0 Å². The average Bonchev–Trinajstić information content (AvgIpc) is 2.62. The van der Waals surface area contributed by atoms with Crippen LogP contribution in [0.4, 0.5) is 0 Å². The molecule has 3 aromatic rings. The van der Waals surface area contributed by atoms with Crippen molar-refractivity contribution in [3.63, 3.8) is 0 Å². The van der Waals surface area contributed by atoms with Gasteiger partial charge in [-0.05, 0) is 34.8 Å². The average molecular weight is 299 g/mol. The van der Waals surface area contributed by atoms with Crippen LogP contribution in [0.1, 0.15) is 30.0 Å². The topological polar surface area (TPSA) is 19.9 Å². The van der Waals surface area contributed by atoms with Crippen LogP contribution in [0.15, 0.2) is 84.9 Å². The molecule has 3 aromatic carbocycles. The van der Waals surface area contributed by atoms with Gasteiger partial charge in [-0.1, -0.05) is 85.8 Å². The molecule has 0 saturated heterocycles. The van der Waals surface area contributed by atoms with Gasteiger partial charge in [0.05, 0.1) is 0 Å². The maximum atomic E-state index is 12.5. The molecule has 0 atom stereocenters. The summed E-state index contributed by atoms with van der Waals surface area (Å²) in [5.41, 5.74) is 5.23. The Morgan fingerprint density at radius 3 is 1.78 bits per heavy atom. The summed E-state index contributed by atoms with van der Waals surface area (Å²) in [6.07, 6.45) is 0.864. The third-order valence-corrected chi connectivity index (χ3v) is 4.00. The lowest BCUT2D eigenvalue weighted by Crippen LogP contribution is -1.95. The van der Waals surface area contributed by atoms with Gasteiger partial charge in [0.25, 0.3) is 0 Å². The second-order valence-corrected chi connectivity index (χ2v) is 5.44. The van der Waals surface area contributed by atoms with E-state index in [0.29, 0.717) is 0 Å². The fourth-order valence-electron chi connectivity index (χ4n) is 2.93. The van der Waals surface area contributed by atoms with Crippen LogP contribution >= 0.6 is 0 Å². The number of para-hydroxylation sites is 1. The lowest BCUT2D eigenvalue weighted by Gasteiger charge is -2.16. The third-order valence-electron chi connectivity index (χ3n) is 4.00. The second kappa shape index (κ2) is 6.97. The number of allylic oxidation sites excluding steroid dienone is 1. The quantitative estimate of drug-likeness (QED) is 0.511. The van der Waals surface area contributed by atoms with E-state index in [2.05, 4.69) is 31.2 Å². The van der Waals surface area contributed by atoms with Crippen LogP contribution in [0.5, 0.6) is 5.75 Å². The highest BCUT2D eigenvalue weighted by Crippen LogP contribution is 2.37. The van der Waals surface area contributed by atoms with Crippen molar-refractivity contribution in [2.24, 2.45) is 0 Å². The molecule has 0 N–H and O–H groups in total. The standard InChI is InChI=1S/C22H19O/c1-2-19(17-11-5-3-6-12-17)22(18-13-7-4-8-14-18)20-15-9-10-16-21(20)23/h3-16H,2H2,1H3/b22-19-. The van der Waals surface area contributed by atoms with E-state index in [1.165, 1.54) is 5.57 Å². The largest absolute Gasteiger partial charge is 0.289 e. The van der Waals surface area contributed by atoms with Gasteiger partial charge >= 0.3 is 0 Å². The Morgan fingerprint density at radius 2 is 1.22 bits per heavy atom. The highest BCUT2D eigenvalue weighted by molar-refractivity contribution is 5.99. The smallest absolute Gasteiger partial charge is 0.186 e. The molecule has 0 fully saturated rings. The maximum absolute atomic E-state index is 12.5. The van der Waals surface area contributed by atoms with Gasteiger partial charge in [0.2, 0.25) is 0 Å². The highest BCUT2D eigenvalue weighted by Gasteiger charge is 2.16. The van der Waals surface area contributed by atoms with Crippen molar-refractivity contribution in [1.82, 2.24) is 0 Å². The summed E-state index contributed by atoms with van der Waals surface area (Å²) in [5, 5.41) is 12.5. The Kier molecular flexibility index (Phi) is 4.58. The fourth-order valence-corrected chi connectivity index (χ4v) is 2.93. The SMILES string of the molecule is CC/C(=C(\c1ccccc1)c1ccccc1[O])c1ccccc1. The van der Waals surface area contributed by atoms with Gasteiger partial charge in [-0.25, -0.2) is 0 Å². The van der Waals surface area contributed by atoms with Crippen molar-refractivity contribution in [3.8, 4) is 5.75 Å². The van der Waals surface area contributed by atoms with Gasteiger partial charge in [0, 0.05) is 5.56 Å². The molecule has 1 heteroatoms. The lowest BCUT2D eigenvalue weighted by atomic mass is 9.88. The zero-order chi connectivity index (χ0) is 16.1. The molecule has 0 spiro atoms. The van der Waals surface area contributed by atoms with Gasteiger partial charge < -0.3 is 0 Å². The fraction of sp³-hybridized carbons (Fsp3) is 0.0909. The molecule has 0 aliphatic carbocycles. The zero-order valence-electron chi connectivity index (χ0n) is 13.2. The van der Waals surface area contributed by atoms with Crippen molar-refractivity contribution in [3.05, 3.63) is 102 Å². The van der Waals surface area contributed by atoms with Crippen molar-refractivity contribution in [2.45, 2.75) is 13.3 Å². The number of benzene rings is 3. The van der Waals surface area contributed by atoms with Gasteiger partial charge in [-0.15, -0.1) is 0 Å². The first kappa shape index (κ1) is 15.1.